The highest BCUT2D eigenvalue weighted by Crippen LogP contribution is 2.38. The lowest BCUT2D eigenvalue weighted by Gasteiger charge is -2.44. The minimum absolute atomic E-state index is 0.138. The Kier molecular flexibility index (Phi) is 6.91. The lowest BCUT2D eigenvalue weighted by atomic mass is 9.76. The Hall–Kier alpha value is -1.52. The van der Waals surface area contributed by atoms with Crippen LogP contribution >= 0.6 is 0 Å². The summed E-state index contributed by atoms with van der Waals surface area (Å²) in [6.07, 6.45) is 8.50. The van der Waals surface area contributed by atoms with Crippen LogP contribution in [-0.2, 0) is 14.3 Å². The third-order valence-corrected chi connectivity index (χ3v) is 4.94. The van der Waals surface area contributed by atoms with Crippen LogP contribution in [0.3, 0.4) is 0 Å². The molecule has 0 N–H and O–H groups in total. The quantitative estimate of drug-likeness (QED) is 0.554. The summed E-state index contributed by atoms with van der Waals surface area (Å²) in [6.45, 7) is 8.78. The van der Waals surface area contributed by atoms with Crippen molar-refractivity contribution in [1.29, 1.82) is 0 Å². The van der Waals surface area contributed by atoms with Gasteiger partial charge in [-0.2, -0.15) is 0 Å². The Balaban J connectivity index is 1.95. The zero-order valence-electron chi connectivity index (χ0n) is 16.2. The monoisotopic (exact) mass is 351 g/mol. The summed E-state index contributed by atoms with van der Waals surface area (Å²) in [5, 5.41) is 0. The molecule has 142 valence electrons. The molecule has 0 spiro atoms. The number of carbonyl (C=O) groups is 2. The van der Waals surface area contributed by atoms with Crippen molar-refractivity contribution in [1.82, 2.24) is 4.90 Å². The zero-order chi connectivity index (χ0) is 18.4. The molecular weight excluding hydrogens is 318 g/mol. The molecule has 1 saturated carbocycles. The molecule has 2 fully saturated rings. The maximum absolute atomic E-state index is 12.6. The average molecular weight is 351 g/mol. The van der Waals surface area contributed by atoms with E-state index in [9.17, 15) is 9.59 Å². The van der Waals surface area contributed by atoms with Gasteiger partial charge in [0.05, 0.1) is 6.61 Å². The van der Waals surface area contributed by atoms with Gasteiger partial charge in [0.25, 0.3) is 0 Å². The summed E-state index contributed by atoms with van der Waals surface area (Å²) in [7, 11) is 0. The largest absolute Gasteiger partial charge is 0.466 e. The summed E-state index contributed by atoms with van der Waals surface area (Å²) in [5.74, 6) is 0.435. The number of amides is 1. The van der Waals surface area contributed by atoms with E-state index in [1.54, 1.807) is 0 Å². The van der Waals surface area contributed by atoms with Crippen molar-refractivity contribution in [2.24, 2.45) is 5.92 Å². The molecule has 5 nitrogen and oxygen atoms in total. The van der Waals surface area contributed by atoms with Crippen LogP contribution in [0, 0.1) is 5.92 Å². The van der Waals surface area contributed by atoms with Crippen molar-refractivity contribution >= 4 is 12.1 Å². The van der Waals surface area contributed by atoms with Crippen LogP contribution in [0.2, 0.25) is 0 Å². The Morgan fingerprint density at radius 2 is 2.04 bits per heavy atom. The number of likely N-dealkylation sites (tertiary alicyclic amines) is 1. The lowest BCUT2D eigenvalue weighted by molar-refractivity contribution is -0.143. The van der Waals surface area contributed by atoms with Crippen LogP contribution < -0.4 is 0 Å². The van der Waals surface area contributed by atoms with Gasteiger partial charge in [0.1, 0.15) is 5.60 Å². The van der Waals surface area contributed by atoms with E-state index < -0.39 is 5.60 Å². The first kappa shape index (κ1) is 19.8. The van der Waals surface area contributed by atoms with E-state index in [4.69, 9.17) is 9.47 Å². The van der Waals surface area contributed by atoms with Crippen molar-refractivity contribution in [3.8, 4) is 0 Å². The molecule has 0 radical (unpaired) electrons. The van der Waals surface area contributed by atoms with Gasteiger partial charge in [-0.1, -0.05) is 11.6 Å². The number of esters is 1. The van der Waals surface area contributed by atoms with Crippen molar-refractivity contribution in [3.05, 3.63) is 11.6 Å². The van der Waals surface area contributed by atoms with Gasteiger partial charge in [-0.25, -0.2) is 4.79 Å². The SMILES string of the molecule is CCOC(=O)CC/C=C1/CC[C@H]2CCCN(C(=O)OC(C)(C)C)[C@@H]2C1. The van der Waals surface area contributed by atoms with E-state index in [-0.39, 0.29) is 18.1 Å². The fourth-order valence-corrected chi connectivity index (χ4v) is 3.85. The predicted molar refractivity (Wildman–Crippen MR) is 97.3 cm³/mol. The molecule has 0 unspecified atom stereocenters. The highest BCUT2D eigenvalue weighted by Gasteiger charge is 2.38. The van der Waals surface area contributed by atoms with Crippen molar-refractivity contribution in [2.75, 3.05) is 13.2 Å². The molecule has 1 aliphatic heterocycles. The molecule has 1 aliphatic carbocycles. The first-order valence-corrected chi connectivity index (χ1v) is 9.63. The smallest absolute Gasteiger partial charge is 0.410 e. The highest BCUT2D eigenvalue weighted by molar-refractivity contribution is 5.69. The molecule has 2 atom stereocenters. The number of ether oxygens (including phenoxy) is 2. The topological polar surface area (TPSA) is 55.8 Å². The number of allylic oxidation sites excluding steroid dienone is 1. The van der Waals surface area contributed by atoms with Gasteiger partial charge in [0.15, 0.2) is 0 Å². The summed E-state index contributed by atoms with van der Waals surface area (Å²) < 4.78 is 10.6. The van der Waals surface area contributed by atoms with Gasteiger partial charge >= 0.3 is 12.1 Å². The van der Waals surface area contributed by atoms with E-state index in [1.165, 1.54) is 12.0 Å². The molecule has 0 aromatic rings. The Bertz CT molecular complexity index is 506. The van der Waals surface area contributed by atoms with Crippen molar-refractivity contribution in [3.63, 3.8) is 0 Å². The maximum Gasteiger partial charge on any atom is 0.410 e. The minimum Gasteiger partial charge on any atom is -0.466 e. The first-order valence-electron chi connectivity index (χ1n) is 9.63. The van der Waals surface area contributed by atoms with Gasteiger partial charge in [0, 0.05) is 19.0 Å². The number of rotatable bonds is 4. The second kappa shape index (κ2) is 8.72. The molecule has 5 heteroatoms. The number of carbonyl (C=O) groups excluding carboxylic acids is 2. The van der Waals surface area contributed by atoms with E-state index in [0.29, 0.717) is 18.9 Å². The number of hydrogen-bond acceptors (Lipinski definition) is 4. The van der Waals surface area contributed by atoms with Crippen LogP contribution in [0.25, 0.3) is 0 Å². The molecule has 1 heterocycles. The fourth-order valence-electron chi connectivity index (χ4n) is 3.85. The molecule has 25 heavy (non-hydrogen) atoms. The summed E-state index contributed by atoms with van der Waals surface area (Å²) in [4.78, 5) is 26.0. The van der Waals surface area contributed by atoms with Crippen molar-refractivity contribution in [2.45, 2.75) is 84.3 Å². The maximum atomic E-state index is 12.6. The number of fused-ring (bicyclic) bond motifs is 1. The summed E-state index contributed by atoms with van der Waals surface area (Å²) >= 11 is 0. The third kappa shape index (κ3) is 6.05. The number of piperidine rings is 1. The second-order valence-electron chi connectivity index (χ2n) is 8.09. The number of hydrogen-bond donors (Lipinski definition) is 0. The van der Waals surface area contributed by atoms with E-state index in [0.717, 1.165) is 38.6 Å². The summed E-state index contributed by atoms with van der Waals surface area (Å²) in [6, 6.07) is 0.242. The Morgan fingerprint density at radius 3 is 2.72 bits per heavy atom. The molecule has 0 aromatic carbocycles. The fraction of sp³-hybridized carbons (Fsp3) is 0.800. The standard InChI is InChI=1S/C20H33NO4/c1-5-24-18(22)10-6-8-15-11-12-16-9-7-13-21(17(16)14-15)19(23)25-20(2,3)4/h8,16-17H,5-7,9-14H2,1-4H3/b15-8-/t16-,17-/m1/s1. The minimum atomic E-state index is -0.461. The zero-order valence-corrected chi connectivity index (χ0v) is 16.2. The highest BCUT2D eigenvalue weighted by atomic mass is 16.6. The normalized spacial score (nSPS) is 25.4. The average Bonchev–Trinajstić information content (AvgIpc) is 2.53. The molecule has 0 bridgehead atoms. The lowest BCUT2D eigenvalue weighted by Crippen LogP contribution is -2.51. The van der Waals surface area contributed by atoms with Gasteiger partial charge in [0.2, 0.25) is 0 Å². The molecule has 1 saturated heterocycles. The van der Waals surface area contributed by atoms with Crippen LogP contribution in [0.4, 0.5) is 4.79 Å². The van der Waals surface area contributed by atoms with Gasteiger partial charge in [-0.15, -0.1) is 0 Å². The van der Waals surface area contributed by atoms with Gasteiger partial charge in [-0.05, 0) is 72.1 Å². The molecule has 1 amide bonds. The second-order valence-corrected chi connectivity index (χ2v) is 8.09. The molecular formula is C20H33NO4. The third-order valence-electron chi connectivity index (χ3n) is 4.94. The van der Waals surface area contributed by atoms with Crippen molar-refractivity contribution < 1.29 is 19.1 Å². The van der Waals surface area contributed by atoms with E-state index >= 15 is 0 Å². The van der Waals surface area contributed by atoms with Crippen LogP contribution in [-0.4, -0.2) is 41.8 Å². The number of nitrogens with zero attached hydrogens (tertiary/aromatic N) is 1. The van der Waals surface area contributed by atoms with E-state index in [1.807, 2.05) is 32.6 Å². The van der Waals surface area contributed by atoms with Crippen LogP contribution in [0.15, 0.2) is 11.6 Å². The van der Waals surface area contributed by atoms with Gasteiger partial charge < -0.3 is 14.4 Å². The first-order chi connectivity index (χ1) is 11.8. The van der Waals surface area contributed by atoms with Crippen LogP contribution in [0.1, 0.15) is 72.6 Å². The Labute approximate surface area is 151 Å². The van der Waals surface area contributed by atoms with Gasteiger partial charge in [-0.3, -0.25) is 4.79 Å². The predicted octanol–water partition coefficient (Wildman–Crippen LogP) is 4.46. The van der Waals surface area contributed by atoms with E-state index in [2.05, 4.69) is 6.08 Å². The summed E-state index contributed by atoms with van der Waals surface area (Å²) in [5.41, 5.74) is 0.901. The molecule has 2 rings (SSSR count). The Morgan fingerprint density at radius 1 is 1.28 bits per heavy atom. The van der Waals surface area contributed by atoms with Crippen LogP contribution in [0.5, 0.6) is 0 Å². The molecule has 0 aromatic heterocycles. The molecule has 2 aliphatic rings.